The van der Waals surface area contributed by atoms with Crippen LogP contribution in [-0.2, 0) is 0 Å². The molecule has 0 saturated carbocycles. The molecule has 5 nitrogen and oxygen atoms in total. The van der Waals surface area contributed by atoms with Gasteiger partial charge in [0.2, 0.25) is 0 Å². The summed E-state index contributed by atoms with van der Waals surface area (Å²) in [5, 5.41) is 6.19. The summed E-state index contributed by atoms with van der Waals surface area (Å²) < 4.78 is 13.3. The van der Waals surface area contributed by atoms with Gasteiger partial charge in [-0.25, -0.2) is 14.4 Å². The molecule has 1 N–H and O–H groups in total. The van der Waals surface area contributed by atoms with Crippen molar-refractivity contribution in [2.24, 2.45) is 0 Å². The van der Waals surface area contributed by atoms with Crippen molar-refractivity contribution in [1.29, 1.82) is 0 Å². The number of benzene rings is 2. The van der Waals surface area contributed by atoms with E-state index >= 15 is 0 Å². The standard InChI is InChI=1S/C21H17FN4OS/c1-26(2)21(27)14-5-9-16(10-6-14)25-19-18-17(11-28-20(18)24-12-23-19)13-3-7-15(22)8-4-13/h3-12H,1-2H3,(H,23,24,25). The molecule has 0 saturated heterocycles. The quantitative estimate of drug-likeness (QED) is 0.534. The number of thiophene rings is 1. The normalized spacial score (nSPS) is 10.8. The molecule has 0 aliphatic rings. The third-order valence-electron chi connectivity index (χ3n) is 4.33. The number of halogens is 1. The van der Waals surface area contributed by atoms with Crippen LogP contribution < -0.4 is 5.32 Å². The van der Waals surface area contributed by atoms with Gasteiger partial charge in [-0.05, 0) is 42.0 Å². The monoisotopic (exact) mass is 392 g/mol. The SMILES string of the molecule is CN(C)C(=O)c1ccc(Nc2ncnc3scc(-c4ccc(F)cc4)c23)cc1. The summed E-state index contributed by atoms with van der Waals surface area (Å²) >= 11 is 1.51. The summed E-state index contributed by atoms with van der Waals surface area (Å²) in [5.74, 6) is 0.343. The summed E-state index contributed by atoms with van der Waals surface area (Å²) in [6, 6.07) is 13.6. The highest BCUT2D eigenvalue weighted by atomic mass is 32.1. The maximum absolute atomic E-state index is 13.3. The molecule has 0 unspecified atom stereocenters. The van der Waals surface area contributed by atoms with Crippen LogP contribution in [0.1, 0.15) is 10.4 Å². The maximum atomic E-state index is 13.3. The van der Waals surface area contributed by atoms with Gasteiger partial charge in [-0.1, -0.05) is 12.1 Å². The molecular formula is C21H17FN4OS. The lowest BCUT2D eigenvalue weighted by Gasteiger charge is -2.12. The van der Waals surface area contributed by atoms with E-state index < -0.39 is 0 Å². The number of rotatable bonds is 4. The fourth-order valence-electron chi connectivity index (χ4n) is 2.90. The molecule has 0 spiro atoms. The van der Waals surface area contributed by atoms with Gasteiger partial charge in [0.25, 0.3) is 5.91 Å². The van der Waals surface area contributed by atoms with E-state index in [0.717, 1.165) is 27.0 Å². The van der Waals surface area contributed by atoms with E-state index in [1.807, 2.05) is 17.5 Å². The summed E-state index contributed by atoms with van der Waals surface area (Å²) in [5.41, 5.74) is 3.28. The van der Waals surface area contributed by atoms with Crippen molar-refractivity contribution in [3.63, 3.8) is 0 Å². The van der Waals surface area contributed by atoms with Crippen LogP contribution in [0, 0.1) is 5.82 Å². The molecule has 7 heteroatoms. The first-order valence-electron chi connectivity index (χ1n) is 8.60. The largest absolute Gasteiger partial charge is 0.345 e. The molecule has 0 fully saturated rings. The summed E-state index contributed by atoms with van der Waals surface area (Å²) in [6.07, 6.45) is 1.51. The van der Waals surface area contributed by atoms with Gasteiger partial charge in [-0.15, -0.1) is 11.3 Å². The molecule has 2 heterocycles. The van der Waals surface area contributed by atoms with Gasteiger partial charge < -0.3 is 10.2 Å². The maximum Gasteiger partial charge on any atom is 0.253 e. The Morgan fingerprint density at radius 3 is 2.43 bits per heavy atom. The molecule has 2 aromatic heterocycles. The Labute approximate surface area is 165 Å². The number of anilines is 2. The second-order valence-electron chi connectivity index (χ2n) is 6.46. The van der Waals surface area contributed by atoms with Gasteiger partial charge in [0, 0.05) is 36.3 Å². The molecular weight excluding hydrogens is 375 g/mol. The van der Waals surface area contributed by atoms with Crippen LogP contribution in [0.5, 0.6) is 0 Å². The smallest absolute Gasteiger partial charge is 0.253 e. The molecule has 0 atom stereocenters. The zero-order chi connectivity index (χ0) is 19.7. The molecule has 0 aliphatic carbocycles. The number of carbonyl (C=O) groups excluding carboxylic acids is 1. The van der Waals surface area contributed by atoms with Gasteiger partial charge in [-0.2, -0.15) is 0 Å². The molecule has 0 bridgehead atoms. The lowest BCUT2D eigenvalue weighted by atomic mass is 10.1. The third-order valence-corrected chi connectivity index (χ3v) is 5.21. The summed E-state index contributed by atoms with van der Waals surface area (Å²) in [7, 11) is 3.44. The Morgan fingerprint density at radius 1 is 1.04 bits per heavy atom. The summed E-state index contributed by atoms with van der Waals surface area (Å²) in [4.78, 5) is 23.2. The lowest BCUT2D eigenvalue weighted by molar-refractivity contribution is 0.0827. The predicted octanol–water partition coefficient (Wildman–Crippen LogP) is 4.94. The number of hydrogen-bond acceptors (Lipinski definition) is 5. The van der Waals surface area contributed by atoms with Crippen molar-refractivity contribution in [3.05, 3.63) is 71.6 Å². The van der Waals surface area contributed by atoms with Crippen LogP contribution in [0.2, 0.25) is 0 Å². The first-order chi connectivity index (χ1) is 13.5. The van der Waals surface area contributed by atoms with E-state index in [2.05, 4.69) is 15.3 Å². The minimum Gasteiger partial charge on any atom is -0.345 e. The van der Waals surface area contributed by atoms with Crippen LogP contribution in [-0.4, -0.2) is 34.9 Å². The minimum absolute atomic E-state index is 0.0487. The number of aromatic nitrogens is 2. The number of nitrogens with one attached hydrogen (secondary N) is 1. The molecule has 2 aromatic carbocycles. The fraction of sp³-hybridized carbons (Fsp3) is 0.0952. The first-order valence-corrected chi connectivity index (χ1v) is 9.48. The van der Waals surface area contributed by atoms with Crippen LogP contribution in [0.3, 0.4) is 0 Å². The molecule has 0 aliphatic heterocycles. The zero-order valence-electron chi connectivity index (χ0n) is 15.3. The second kappa shape index (κ2) is 7.36. The summed E-state index contributed by atoms with van der Waals surface area (Å²) in [6.45, 7) is 0. The van der Waals surface area contributed by atoms with Crippen molar-refractivity contribution in [2.45, 2.75) is 0 Å². The molecule has 4 rings (SSSR count). The van der Waals surface area contributed by atoms with E-state index in [1.54, 1.807) is 38.4 Å². The van der Waals surface area contributed by atoms with Crippen molar-refractivity contribution in [1.82, 2.24) is 14.9 Å². The lowest BCUT2D eigenvalue weighted by Crippen LogP contribution is -2.21. The Balaban J connectivity index is 1.70. The number of nitrogens with zero attached hydrogens (tertiary/aromatic N) is 3. The minimum atomic E-state index is -0.273. The van der Waals surface area contributed by atoms with Crippen molar-refractivity contribution >= 4 is 39.0 Å². The first kappa shape index (κ1) is 18.1. The highest BCUT2D eigenvalue weighted by Crippen LogP contribution is 2.37. The highest BCUT2D eigenvalue weighted by molar-refractivity contribution is 7.17. The highest BCUT2D eigenvalue weighted by Gasteiger charge is 2.14. The molecule has 140 valence electrons. The van der Waals surface area contributed by atoms with Gasteiger partial charge in [0.15, 0.2) is 0 Å². The Hall–Kier alpha value is -3.32. The van der Waals surface area contributed by atoms with Crippen molar-refractivity contribution in [2.75, 3.05) is 19.4 Å². The zero-order valence-corrected chi connectivity index (χ0v) is 16.1. The Bertz CT molecular complexity index is 1140. The second-order valence-corrected chi connectivity index (χ2v) is 7.32. The number of carbonyl (C=O) groups is 1. The number of amides is 1. The van der Waals surface area contributed by atoms with E-state index in [4.69, 9.17) is 0 Å². The van der Waals surface area contributed by atoms with E-state index in [9.17, 15) is 9.18 Å². The van der Waals surface area contributed by atoms with Gasteiger partial charge in [0.1, 0.15) is 22.8 Å². The average molecular weight is 392 g/mol. The van der Waals surface area contributed by atoms with E-state index in [-0.39, 0.29) is 11.7 Å². The number of fused-ring (bicyclic) bond motifs is 1. The third kappa shape index (κ3) is 3.44. The predicted molar refractivity (Wildman–Crippen MR) is 111 cm³/mol. The molecule has 28 heavy (non-hydrogen) atoms. The van der Waals surface area contributed by atoms with Crippen LogP contribution in [0.25, 0.3) is 21.3 Å². The van der Waals surface area contributed by atoms with Crippen LogP contribution in [0.4, 0.5) is 15.9 Å². The van der Waals surface area contributed by atoms with Gasteiger partial charge in [0.05, 0.1) is 5.39 Å². The van der Waals surface area contributed by atoms with Crippen molar-refractivity contribution in [3.8, 4) is 11.1 Å². The van der Waals surface area contributed by atoms with Crippen LogP contribution in [0.15, 0.2) is 60.2 Å². The number of hydrogen-bond donors (Lipinski definition) is 1. The topological polar surface area (TPSA) is 58.1 Å². The van der Waals surface area contributed by atoms with Gasteiger partial charge in [-0.3, -0.25) is 4.79 Å². The Morgan fingerprint density at radius 2 is 1.75 bits per heavy atom. The average Bonchev–Trinajstić information content (AvgIpc) is 3.14. The fourth-order valence-corrected chi connectivity index (χ4v) is 3.82. The Kier molecular flexibility index (Phi) is 4.75. The van der Waals surface area contributed by atoms with Crippen molar-refractivity contribution < 1.29 is 9.18 Å². The molecule has 4 aromatic rings. The van der Waals surface area contributed by atoms with E-state index in [0.29, 0.717) is 11.4 Å². The van der Waals surface area contributed by atoms with Gasteiger partial charge >= 0.3 is 0 Å². The molecule has 0 radical (unpaired) electrons. The van der Waals surface area contributed by atoms with E-state index in [1.165, 1.54) is 34.7 Å². The molecule has 1 amide bonds. The van der Waals surface area contributed by atoms with Crippen LogP contribution >= 0.6 is 11.3 Å².